The summed E-state index contributed by atoms with van der Waals surface area (Å²) in [6, 6.07) is 15.3. The maximum absolute atomic E-state index is 6.19. The zero-order valence-electron chi connectivity index (χ0n) is 12.4. The van der Waals surface area contributed by atoms with E-state index in [1.54, 1.807) is 0 Å². The van der Waals surface area contributed by atoms with Gasteiger partial charge in [-0.2, -0.15) is 0 Å². The molecule has 2 heteroatoms. The second-order valence-electron chi connectivity index (χ2n) is 5.16. The van der Waals surface area contributed by atoms with E-state index in [4.69, 9.17) is 11.6 Å². The van der Waals surface area contributed by atoms with Gasteiger partial charge in [0, 0.05) is 10.7 Å². The second kappa shape index (κ2) is 6.81. The lowest BCUT2D eigenvalue weighted by Crippen LogP contribution is -2.09. The van der Waals surface area contributed by atoms with E-state index in [9.17, 15) is 0 Å². The molecule has 106 valence electrons. The maximum atomic E-state index is 6.19. The minimum absolute atomic E-state index is 0.319. The molecule has 0 fully saturated rings. The molecule has 0 aliphatic rings. The van der Waals surface area contributed by atoms with Gasteiger partial charge in [-0.1, -0.05) is 55.8 Å². The average molecular weight is 288 g/mol. The number of rotatable bonds is 5. The zero-order valence-corrected chi connectivity index (χ0v) is 13.2. The fourth-order valence-corrected chi connectivity index (χ4v) is 2.47. The van der Waals surface area contributed by atoms with Crippen molar-refractivity contribution in [2.75, 3.05) is 5.32 Å². The molecule has 0 spiro atoms. The third-order valence-corrected chi connectivity index (χ3v) is 4.12. The Morgan fingerprint density at radius 3 is 2.30 bits per heavy atom. The van der Waals surface area contributed by atoms with Crippen molar-refractivity contribution < 1.29 is 0 Å². The van der Waals surface area contributed by atoms with E-state index in [1.807, 2.05) is 13.0 Å². The first kappa shape index (κ1) is 14.9. The van der Waals surface area contributed by atoms with Gasteiger partial charge in [0.1, 0.15) is 0 Å². The van der Waals surface area contributed by atoms with Gasteiger partial charge in [-0.3, -0.25) is 0 Å². The quantitative estimate of drug-likeness (QED) is 0.735. The first-order valence-electron chi connectivity index (χ1n) is 7.25. The standard InChI is InChI=1S/C18H22ClN/c1-4-14-7-9-15(10-8-14)18(5-2)20-16-11-6-13(3)17(19)12-16/h6-12,18,20H,4-5H2,1-3H3. The van der Waals surface area contributed by atoms with Crippen LogP contribution < -0.4 is 5.32 Å². The Bertz CT molecular complexity index is 560. The monoisotopic (exact) mass is 287 g/mol. The molecule has 0 saturated heterocycles. The smallest absolute Gasteiger partial charge is 0.0511 e. The van der Waals surface area contributed by atoms with E-state index in [2.05, 4.69) is 55.6 Å². The molecular weight excluding hydrogens is 266 g/mol. The van der Waals surface area contributed by atoms with Crippen LogP contribution in [0.3, 0.4) is 0 Å². The predicted octanol–water partition coefficient (Wildman–Crippen LogP) is 5.77. The lowest BCUT2D eigenvalue weighted by molar-refractivity contribution is 0.749. The minimum atomic E-state index is 0.319. The van der Waals surface area contributed by atoms with Gasteiger partial charge in [-0.15, -0.1) is 0 Å². The van der Waals surface area contributed by atoms with Crippen LogP contribution in [0.1, 0.15) is 43.0 Å². The van der Waals surface area contributed by atoms with Crippen molar-refractivity contribution in [1.29, 1.82) is 0 Å². The number of hydrogen-bond acceptors (Lipinski definition) is 1. The number of halogens is 1. The topological polar surface area (TPSA) is 12.0 Å². The third kappa shape index (κ3) is 3.55. The predicted molar refractivity (Wildman–Crippen MR) is 88.7 cm³/mol. The molecule has 2 rings (SSSR count). The van der Waals surface area contributed by atoms with Crippen LogP contribution in [0, 0.1) is 6.92 Å². The Hall–Kier alpha value is -1.47. The van der Waals surface area contributed by atoms with Gasteiger partial charge in [0.05, 0.1) is 6.04 Å². The van der Waals surface area contributed by atoms with E-state index in [0.717, 1.165) is 29.1 Å². The lowest BCUT2D eigenvalue weighted by Gasteiger charge is -2.19. The summed E-state index contributed by atoms with van der Waals surface area (Å²) in [7, 11) is 0. The Morgan fingerprint density at radius 1 is 1.05 bits per heavy atom. The zero-order chi connectivity index (χ0) is 14.5. The summed E-state index contributed by atoms with van der Waals surface area (Å²) in [4.78, 5) is 0. The highest BCUT2D eigenvalue weighted by Crippen LogP contribution is 2.26. The highest BCUT2D eigenvalue weighted by Gasteiger charge is 2.09. The molecule has 2 aromatic carbocycles. The summed E-state index contributed by atoms with van der Waals surface area (Å²) < 4.78 is 0. The normalized spacial score (nSPS) is 12.2. The molecule has 0 bridgehead atoms. The van der Waals surface area contributed by atoms with Crippen molar-refractivity contribution in [1.82, 2.24) is 0 Å². The van der Waals surface area contributed by atoms with E-state index >= 15 is 0 Å². The number of hydrogen-bond donors (Lipinski definition) is 1. The third-order valence-electron chi connectivity index (χ3n) is 3.71. The van der Waals surface area contributed by atoms with Gasteiger partial charge in [-0.25, -0.2) is 0 Å². The number of anilines is 1. The Balaban J connectivity index is 2.16. The molecule has 0 amide bonds. The molecule has 0 saturated carbocycles. The van der Waals surface area contributed by atoms with E-state index in [0.29, 0.717) is 6.04 Å². The fourth-order valence-electron chi connectivity index (χ4n) is 2.29. The van der Waals surface area contributed by atoms with Crippen LogP contribution in [0.15, 0.2) is 42.5 Å². The SMILES string of the molecule is CCc1ccc(C(CC)Nc2ccc(C)c(Cl)c2)cc1. The highest BCUT2D eigenvalue weighted by atomic mass is 35.5. The van der Waals surface area contributed by atoms with Crippen LogP contribution >= 0.6 is 11.6 Å². The molecular formula is C18H22ClN. The largest absolute Gasteiger partial charge is 0.378 e. The fraction of sp³-hybridized carbons (Fsp3) is 0.333. The molecule has 0 radical (unpaired) electrons. The molecule has 0 aliphatic heterocycles. The van der Waals surface area contributed by atoms with Gasteiger partial charge in [0.15, 0.2) is 0 Å². The Kier molecular flexibility index (Phi) is 5.08. The van der Waals surface area contributed by atoms with Crippen LogP contribution in [-0.4, -0.2) is 0 Å². The summed E-state index contributed by atoms with van der Waals surface area (Å²) in [6.07, 6.45) is 2.12. The molecule has 20 heavy (non-hydrogen) atoms. The lowest BCUT2D eigenvalue weighted by atomic mass is 10.0. The first-order valence-corrected chi connectivity index (χ1v) is 7.63. The summed E-state index contributed by atoms with van der Waals surface area (Å²) in [5.41, 5.74) is 4.88. The number of nitrogens with one attached hydrogen (secondary N) is 1. The molecule has 0 heterocycles. The summed E-state index contributed by atoms with van der Waals surface area (Å²) in [6.45, 7) is 6.40. The highest BCUT2D eigenvalue weighted by molar-refractivity contribution is 6.31. The van der Waals surface area contributed by atoms with Crippen molar-refractivity contribution in [3.8, 4) is 0 Å². The Labute approximate surface area is 127 Å². The molecule has 1 atom stereocenters. The van der Waals surface area contributed by atoms with Crippen LogP contribution in [-0.2, 0) is 6.42 Å². The first-order chi connectivity index (χ1) is 9.63. The van der Waals surface area contributed by atoms with Gasteiger partial charge in [0.2, 0.25) is 0 Å². The second-order valence-corrected chi connectivity index (χ2v) is 5.57. The van der Waals surface area contributed by atoms with Gasteiger partial charge < -0.3 is 5.32 Å². The van der Waals surface area contributed by atoms with Crippen LogP contribution in [0.2, 0.25) is 5.02 Å². The Morgan fingerprint density at radius 2 is 1.75 bits per heavy atom. The van der Waals surface area contributed by atoms with Crippen molar-refractivity contribution in [3.05, 3.63) is 64.2 Å². The van der Waals surface area contributed by atoms with Gasteiger partial charge in [0.25, 0.3) is 0 Å². The van der Waals surface area contributed by atoms with Crippen molar-refractivity contribution in [2.24, 2.45) is 0 Å². The summed E-state index contributed by atoms with van der Waals surface area (Å²) in [5.74, 6) is 0. The molecule has 2 aromatic rings. The molecule has 1 nitrogen and oxygen atoms in total. The van der Waals surface area contributed by atoms with Crippen LogP contribution in [0.4, 0.5) is 5.69 Å². The van der Waals surface area contributed by atoms with Crippen molar-refractivity contribution in [3.63, 3.8) is 0 Å². The molecule has 0 aromatic heterocycles. The maximum Gasteiger partial charge on any atom is 0.0511 e. The van der Waals surface area contributed by atoms with E-state index in [1.165, 1.54) is 11.1 Å². The van der Waals surface area contributed by atoms with Crippen molar-refractivity contribution in [2.45, 2.75) is 39.7 Å². The number of benzene rings is 2. The molecule has 0 aliphatic carbocycles. The number of aryl methyl sites for hydroxylation is 2. The molecule has 1 unspecified atom stereocenters. The van der Waals surface area contributed by atoms with E-state index in [-0.39, 0.29) is 0 Å². The van der Waals surface area contributed by atoms with E-state index < -0.39 is 0 Å². The molecule has 1 N–H and O–H groups in total. The van der Waals surface area contributed by atoms with Crippen LogP contribution in [0.25, 0.3) is 0 Å². The van der Waals surface area contributed by atoms with Crippen molar-refractivity contribution >= 4 is 17.3 Å². The van der Waals surface area contributed by atoms with Gasteiger partial charge in [-0.05, 0) is 48.6 Å². The summed E-state index contributed by atoms with van der Waals surface area (Å²) in [5, 5.41) is 4.38. The van der Waals surface area contributed by atoms with Gasteiger partial charge >= 0.3 is 0 Å². The summed E-state index contributed by atoms with van der Waals surface area (Å²) >= 11 is 6.19. The minimum Gasteiger partial charge on any atom is -0.378 e. The average Bonchev–Trinajstić information content (AvgIpc) is 2.48. The van der Waals surface area contributed by atoms with Crippen LogP contribution in [0.5, 0.6) is 0 Å².